The summed E-state index contributed by atoms with van der Waals surface area (Å²) in [5, 5.41) is 16.3. The van der Waals surface area contributed by atoms with Gasteiger partial charge in [0.1, 0.15) is 5.82 Å². The number of ether oxygens (including phenoxy) is 1. The second kappa shape index (κ2) is 8.64. The highest BCUT2D eigenvalue weighted by Crippen LogP contribution is 2.27. The van der Waals surface area contributed by atoms with Crippen LogP contribution < -0.4 is 16.4 Å². The van der Waals surface area contributed by atoms with E-state index in [2.05, 4.69) is 20.6 Å². The number of primary amides is 1. The molecule has 2 fully saturated rings. The Kier molecular flexibility index (Phi) is 6.26. The first-order chi connectivity index (χ1) is 12.5. The van der Waals surface area contributed by atoms with Crippen molar-refractivity contribution < 1.29 is 14.6 Å². The molecular formula is C18H29N5O3. The van der Waals surface area contributed by atoms with Crippen molar-refractivity contribution in [2.75, 3.05) is 24.4 Å². The molecule has 2 atom stereocenters. The van der Waals surface area contributed by atoms with Crippen LogP contribution in [-0.2, 0) is 4.74 Å². The smallest absolute Gasteiger partial charge is 0.254 e. The first kappa shape index (κ1) is 18.8. The van der Waals surface area contributed by atoms with Crippen molar-refractivity contribution in [3.63, 3.8) is 0 Å². The van der Waals surface area contributed by atoms with Crippen molar-refractivity contribution in [2.24, 2.45) is 11.7 Å². The maximum atomic E-state index is 11.7. The molecule has 0 saturated heterocycles. The van der Waals surface area contributed by atoms with E-state index in [-0.39, 0.29) is 17.7 Å². The lowest BCUT2D eigenvalue weighted by Crippen LogP contribution is -2.29. The molecule has 0 spiro atoms. The number of nitrogens with two attached hydrogens (primary N) is 1. The van der Waals surface area contributed by atoms with Gasteiger partial charge in [-0.3, -0.25) is 4.79 Å². The zero-order valence-corrected chi connectivity index (χ0v) is 15.3. The molecule has 0 aromatic carbocycles. The minimum Gasteiger partial charge on any atom is -0.393 e. The number of methoxy groups -OCH3 is 1. The van der Waals surface area contributed by atoms with Gasteiger partial charge in [0.2, 0.25) is 5.95 Å². The van der Waals surface area contributed by atoms with Gasteiger partial charge in [0, 0.05) is 32.0 Å². The molecule has 1 aromatic rings. The van der Waals surface area contributed by atoms with E-state index in [1.807, 2.05) is 0 Å². The van der Waals surface area contributed by atoms with Gasteiger partial charge in [-0.25, -0.2) is 4.98 Å². The fraction of sp³-hybridized carbons (Fsp3) is 0.722. The Bertz CT molecular complexity index is 619. The van der Waals surface area contributed by atoms with Crippen LogP contribution >= 0.6 is 0 Å². The third-order valence-electron chi connectivity index (χ3n) is 5.38. The molecule has 0 aliphatic heterocycles. The average molecular weight is 363 g/mol. The monoisotopic (exact) mass is 363 g/mol. The Labute approximate surface area is 153 Å². The Morgan fingerprint density at radius 2 is 1.96 bits per heavy atom. The van der Waals surface area contributed by atoms with Gasteiger partial charge >= 0.3 is 0 Å². The molecule has 0 bridgehead atoms. The second-order valence-corrected chi connectivity index (χ2v) is 7.45. The lowest BCUT2D eigenvalue weighted by molar-refractivity contribution is 0.100. The van der Waals surface area contributed by atoms with Crippen molar-refractivity contribution in [3.8, 4) is 0 Å². The molecule has 8 nitrogen and oxygen atoms in total. The van der Waals surface area contributed by atoms with Crippen molar-refractivity contribution >= 4 is 17.7 Å². The highest BCUT2D eigenvalue weighted by atomic mass is 16.5. The number of amides is 1. The van der Waals surface area contributed by atoms with Crippen LogP contribution in [0.1, 0.15) is 55.3 Å². The van der Waals surface area contributed by atoms with E-state index in [9.17, 15) is 9.90 Å². The van der Waals surface area contributed by atoms with Crippen molar-refractivity contribution in [2.45, 2.75) is 63.1 Å². The van der Waals surface area contributed by atoms with Crippen molar-refractivity contribution in [1.29, 1.82) is 0 Å². The molecule has 2 unspecified atom stereocenters. The third-order valence-corrected chi connectivity index (χ3v) is 5.38. The maximum absolute atomic E-state index is 11.7. The van der Waals surface area contributed by atoms with Crippen LogP contribution in [0.25, 0.3) is 0 Å². The first-order valence-electron chi connectivity index (χ1n) is 9.42. The number of hydrogen-bond acceptors (Lipinski definition) is 7. The largest absolute Gasteiger partial charge is 0.393 e. The minimum atomic E-state index is -0.558. The Morgan fingerprint density at radius 1 is 1.23 bits per heavy atom. The molecule has 2 aliphatic carbocycles. The van der Waals surface area contributed by atoms with Crippen molar-refractivity contribution in [1.82, 2.24) is 9.97 Å². The summed E-state index contributed by atoms with van der Waals surface area (Å²) in [4.78, 5) is 20.4. The normalized spacial score (nSPS) is 28.7. The highest BCUT2D eigenvalue weighted by Gasteiger charge is 2.25. The summed E-state index contributed by atoms with van der Waals surface area (Å²) in [6, 6.07) is 0.416. The Hall–Kier alpha value is -1.93. The molecule has 1 aromatic heterocycles. The van der Waals surface area contributed by atoms with Gasteiger partial charge in [-0.2, -0.15) is 4.98 Å². The molecule has 0 radical (unpaired) electrons. The molecule has 1 amide bonds. The van der Waals surface area contributed by atoms with Gasteiger partial charge < -0.3 is 26.2 Å². The maximum Gasteiger partial charge on any atom is 0.254 e. The topological polar surface area (TPSA) is 122 Å². The van der Waals surface area contributed by atoms with E-state index in [4.69, 9.17) is 10.5 Å². The van der Waals surface area contributed by atoms with E-state index in [1.165, 1.54) is 6.20 Å². The molecule has 5 N–H and O–H groups in total. The van der Waals surface area contributed by atoms with Crippen LogP contribution in [0, 0.1) is 5.92 Å². The van der Waals surface area contributed by atoms with Crippen LogP contribution in [0.5, 0.6) is 0 Å². The quantitative estimate of drug-likeness (QED) is 0.579. The lowest BCUT2D eigenvalue weighted by atomic mass is 9.86. The zero-order chi connectivity index (χ0) is 18.5. The number of nitrogens with one attached hydrogen (secondary N) is 2. The molecule has 2 aliphatic rings. The van der Waals surface area contributed by atoms with Crippen molar-refractivity contribution in [3.05, 3.63) is 11.8 Å². The predicted octanol–water partition coefficient (Wildman–Crippen LogP) is 1.52. The third kappa shape index (κ3) is 4.82. The number of aromatic nitrogens is 2. The van der Waals surface area contributed by atoms with Gasteiger partial charge in [-0.05, 0) is 50.9 Å². The van der Waals surface area contributed by atoms with Crippen LogP contribution in [-0.4, -0.2) is 52.9 Å². The summed E-state index contributed by atoms with van der Waals surface area (Å²) in [5.74, 6) is 1.02. The van der Waals surface area contributed by atoms with E-state index in [0.29, 0.717) is 30.1 Å². The van der Waals surface area contributed by atoms with Gasteiger partial charge in [-0.1, -0.05) is 0 Å². The number of rotatable bonds is 7. The van der Waals surface area contributed by atoms with E-state index < -0.39 is 5.91 Å². The van der Waals surface area contributed by atoms with E-state index >= 15 is 0 Å². The number of aliphatic hydroxyl groups excluding tert-OH is 1. The summed E-state index contributed by atoms with van der Waals surface area (Å²) in [7, 11) is 1.75. The summed E-state index contributed by atoms with van der Waals surface area (Å²) < 4.78 is 5.24. The van der Waals surface area contributed by atoms with Gasteiger partial charge in [-0.15, -0.1) is 0 Å². The number of carbonyl (C=O) groups is 1. The van der Waals surface area contributed by atoms with Gasteiger partial charge in [0.25, 0.3) is 5.91 Å². The number of nitrogens with zero attached hydrogens (tertiary/aromatic N) is 2. The minimum absolute atomic E-state index is 0.0929. The lowest BCUT2D eigenvalue weighted by Gasteiger charge is -2.28. The Morgan fingerprint density at radius 3 is 2.58 bits per heavy atom. The van der Waals surface area contributed by atoms with Crippen LogP contribution in [0.2, 0.25) is 0 Å². The molecule has 1 heterocycles. The summed E-state index contributed by atoms with van der Waals surface area (Å²) in [5.41, 5.74) is 5.73. The van der Waals surface area contributed by atoms with Gasteiger partial charge in [0.05, 0.1) is 11.7 Å². The molecule has 2 saturated carbocycles. The molecule has 3 rings (SSSR count). The summed E-state index contributed by atoms with van der Waals surface area (Å²) in [6.07, 6.45) is 7.76. The van der Waals surface area contributed by atoms with E-state index in [1.54, 1.807) is 7.11 Å². The second-order valence-electron chi connectivity index (χ2n) is 7.45. The molecular weight excluding hydrogens is 334 g/mol. The number of hydrogen-bond donors (Lipinski definition) is 4. The fourth-order valence-corrected chi connectivity index (χ4v) is 3.92. The number of carbonyl (C=O) groups excluding carboxylic acids is 1. The fourth-order valence-electron chi connectivity index (χ4n) is 3.92. The van der Waals surface area contributed by atoms with Crippen LogP contribution in [0.3, 0.4) is 0 Å². The average Bonchev–Trinajstić information content (AvgIpc) is 3.02. The van der Waals surface area contributed by atoms with Crippen LogP contribution in [0.15, 0.2) is 6.20 Å². The SMILES string of the molecule is COCC1CCC(Nc2ncc(C(N)=O)c(NC3CCC(O)C3)n2)CC1. The zero-order valence-electron chi connectivity index (χ0n) is 15.3. The number of anilines is 2. The van der Waals surface area contributed by atoms with E-state index in [0.717, 1.165) is 45.1 Å². The standard InChI is InChI=1S/C18H29N5O3/c1-26-10-11-2-4-12(5-3-11)22-18-20-9-15(16(19)25)17(23-18)21-13-6-7-14(24)8-13/h9,11-14,24H,2-8,10H2,1H3,(H2,19,25)(H2,20,21,22,23). The Balaban J connectivity index is 1.64. The van der Waals surface area contributed by atoms with Crippen LogP contribution in [0.4, 0.5) is 11.8 Å². The summed E-state index contributed by atoms with van der Waals surface area (Å²) >= 11 is 0. The molecule has 144 valence electrons. The summed E-state index contributed by atoms with van der Waals surface area (Å²) in [6.45, 7) is 0.817. The predicted molar refractivity (Wildman–Crippen MR) is 99.1 cm³/mol. The molecule has 8 heteroatoms. The van der Waals surface area contributed by atoms with Gasteiger partial charge in [0.15, 0.2) is 0 Å². The molecule has 26 heavy (non-hydrogen) atoms. The first-order valence-corrected chi connectivity index (χ1v) is 9.42. The highest BCUT2D eigenvalue weighted by molar-refractivity contribution is 5.97. The number of aliphatic hydroxyl groups is 1.